The Hall–Kier alpha value is 0.0249. The quantitative estimate of drug-likeness (QED) is 0.674. The van der Waals surface area contributed by atoms with Gasteiger partial charge in [0.05, 0.1) is 7.85 Å². The van der Waals surface area contributed by atoms with E-state index in [9.17, 15) is 0 Å². The zero-order valence-electron chi connectivity index (χ0n) is 11.5. The molecule has 1 nitrogen and oxygen atoms in total. The second-order valence-electron chi connectivity index (χ2n) is 7.26. The molecule has 0 spiro atoms. The van der Waals surface area contributed by atoms with Crippen molar-refractivity contribution >= 4 is 7.85 Å². The van der Waals surface area contributed by atoms with Crippen LogP contribution in [-0.2, 0) is 0 Å². The highest BCUT2D eigenvalue weighted by Gasteiger charge is 2.55. The lowest BCUT2D eigenvalue weighted by Crippen LogP contribution is -2.54. The number of rotatable bonds is 3. The van der Waals surface area contributed by atoms with E-state index in [0.29, 0.717) is 11.2 Å². The van der Waals surface area contributed by atoms with Gasteiger partial charge in [-0.1, -0.05) is 26.1 Å². The molecule has 4 fully saturated rings. The molecule has 0 aromatic heterocycles. The second kappa shape index (κ2) is 4.29. The summed E-state index contributed by atoms with van der Waals surface area (Å²) >= 11 is 0. The van der Waals surface area contributed by atoms with Crippen molar-refractivity contribution in [2.24, 2.45) is 23.2 Å². The highest BCUT2D eigenvalue weighted by atomic mass is 15.1. The minimum absolute atomic E-state index is 0.495. The van der Waals surface area contributed by atoms with E-state index in [0.717, 1.165) is 17.8 Å². The lowest BCUT2D eigenvalue weighted by molar-refractivity contribution is -0.107. The van der Waals surface area contributed by atoms with E-state index >= 15 is 0 Å². The third kappa shape index (κ3) is 1.97. The zero-order valence-corrected chi connectivity index (χ0v) is 11.5. The van der Waals surface area contributed by atoms with Crippen LogP contribution in [-0.4, -0.2) is 32.4 Å². The van der Waals surface area contributed by atoms with Crippen LogP contribution in [0.4, 0.5) is 0 Å². The number of likely N-dealkylation sites (tertiary alicyclic amines) is 1. The van der Waals surface area contributed by atoms with Gasteiger partial charge in [-0.3, -0.25) is 0 Å². The predicted octanol–water partition coefficient (Wildman–Crippen LogP) is 3.11. The summed E-state index contributed by atoms with van der Waals surface area (Å²) in [6, 6.07) is 0. The third-order valence-corrected chi connectivity index (χ3v) is 6.15. The molecule has 1 aliphatic heterocycles. The first-order valence-corrected chi connectivity index (χ1v) is 7.57. The van der Waals surface area contributed by atoms with Gasteiger partial charge in [-0.25, -0.2) is 0 Å². The monoisotopic (exact) mass is 231 g/mol. The van der Waals surface area contributed by atoms with E-state index in [1.54, 1.807) is 0 Å². The lowest BCUT2D eigenvalue weighted by Gasteiger charge is -2.63. The van der Waals surface area contributed by atoms with E-state index in [1.165, 1.54) is 51.7 Å². The first-order chi connectivity index (χ1) is 8.09. The smallest absolute Gasteiger partial charge is 0.0703 e. The number of nitrogens with zero attached hydrogens (tertiary/aromatic N) is 1. The average Bonchev–Trinajstić information content (AvgIpc) is 2.79. The number of hydrogen-bond acceptors (Lipinski definition) is 1. The number of fused-ring (bicyclic) bond motifs is 2. The fourth-order valence-corrected chi connectivity index (χ4v) is 4.74. The Bertz CT molecular complexity index is 283. The minimum Gasteiger partial charge on any atom is -0.303 e. The summed E-state index contributed by atoms with van der Waals surface area (Å²) < 4.78 is 0. The van der Waals surface area contributed by atoms with Crippen LogP contribution in [0.1, 0.15) is 46.0 Å². The maximum Gasteiger partial charge on any atom is 0.0703 e. The SMILES string of the molecule is [B][C@H]1C[C@H]2C[C@@H]([C@@H]1CCN1CCCC1)C2(C)C. The standard InChI is InChI=1S/C15H26BN/c1-15(2)11-9-13(15)12(14(16)10-11)5-8-17-6-3-4-7-17/h11-14H,3-10H2,1-2H3/t11-,12+,13+,14+/m1/s1. The fraction of sp³-hybridized carbons (Fsp3) is 1.00. The van der Waals surface area contributed by atoms with E-state index in [-0.39, 0.29) is 0 Å². The molecule has 4 atom stereocenters. The molecule has 0 unspecified atom stereocenters. The van der Waals surface area contributed by atoms with Gasteiger partial charge >= 0.3 is 0 Å². The minimum atomic E-state index is 0.495. The fourth-order valence-electron chi connectivity index (χ4n) is 4.74. The van der Waals surface area contributed by atoms with Crippen molar-refractivity contribution in [2.45, 2.75) is 51.8 Å². The van der Waals surface area contributed by atoms with Crippen LogP contribution in [0.5, 0.6) is 0 Å². The Morgan fingerprint density at radius 1 is 1.18 bits per heavy atom. The summed E-state index contributed by atoms with van der Waals surface area (Å²) in [5, 5.41) is 0. The third-order valence-electron chi connectivity index (χ3n) is 6.15. The van der Waals surface area contributed by atoms with Crippen LogP contribution in [0.3, 0.4) is 0 Å². The normalized spacial score (nSPS) is 44.6. The van der Waals surface area contributed by atoms with Crippen LogP contribution in [0.2, 0.25) is 5.82 Å². The molecule has 0 N–H and O–H groups in total. The summed E-state index contributed by atoms with van der Waals surface area (Å²) in [4.78, 5) is 2.64. The predicted molar refractivity (Wildman–Crippen MR) is 73.3 cm³/mol. The molecular weight excluding hydrogens is 205 g/mol. The highest BCUT2D eigenvalue weighted by Crippen LogP contribution is 2.64. The van der Waals surface area contributed by atoms with Gasteiger partial charge in [0, 0.05) is 0 Å². The van der Waals surface area contributed by atoms with Crippen molar-refractivity contribution in [3.05, 3.63) is 0 Å². The Kier molecular flexibility index (Phi) is 3.05. The molecule has 2 heteroatoms. The first kappa shape index (κ1) is 12.1. The molecule has 2 bridgehead atoms. The van der Waals surface area contributed by atoms with Gasteiger partial charge < -0.3 is 4.90 Å². The van der Waals surface area contributed by atoms with Crippen LogP contribution in [0.25, 0.3) is 0 Å². The second-order valence-corrected chi connectivity index (χ2v) is 7.26. The van der Waals surface area contributed by atoms with Gasteiger partial charge in [-0.15, -0.1) is 0 Å². The summed E-state index contributed by atoms with van der Waals surface area (Å²) in [5.74, 6) is 3.13. The molecule has 4 rings (SSSR count). The maximum absolute atomic E-state index is 6.39. The average molecular weight is 231 g/mol. The van der Waals surface area contributed by atoms with E-state index in [2.05, 4.69) is 18.7 Å². The van der Waals surface area contributed by atoms with E-state index in [1.807, 2.05) is 0 Å². The van der Waals surface area contributed by atoms with Gasteiger partial charge in [0.1, 0.15) is 0 Å². The first-order valence-electron chi connectivity index (χ1n) is 7.57. The molecule has 0 aromatic rings. The lowest BCUT2D eigenvalue weighted by atomic mass is 9.40. The molecule has 0 amide bonds. The van der Waals surface area contributed by atoms with Gasteiger partial charge in [-0.05, 0) is 68.5 Å². The molecule has 94 valence electrons. The Balaban J connectivity index is 1.57. The highest BCUT2D eigenvalue weighted by molar-refractivity contribution is 6.12. The van der Waals surface area contributed by atoms with Crippen molar-refractivity contribution in [1.82, 2.24) is 4.90 Å². The van der Waals surface area contributed by atoms with Crippen LogP contribution < -0.4 is 0 Å². The van der Waals surface area contributed by atoms with Crippen molar-refractivity contribution in [1.29, 1.82) is 0 Å². The molecule has 17 heavy (non-hydrogen) atoms. The van der Waals surface area contributed by atoms with Crippen molar-refractivity contribution < 1.29 is 0 Å². The molecular formula is C15H26BN. The maximum atomic E-state index is 6.39. The van der Waals surface area contributed by atoms with Crippen LogP contribution in [0, 0.1) is 23.2 Å². The Labute approximate surface area is 108 Å². The van der Waals surface area contributed by atoms with Crippen molar-refractivity contribution in [3.8, 4) is 0 Å². The molecule has 1 saturated heterocycles. The Morgan fingerprint density at radius 2 is 1.88 bits per heavy atom. The van der Waals surface area contributed by atoms with Gasteiger partial charge in [-0.2, -0.15) is 0 Å². The van der Waals surface area contributed by atoms with Gasteiger partial charge in [0.2, 0.25) is 0 Å². The van der Waals surface area contributed by atoms with Crippen molar-refractivity contribution in [3.63, 3.8) is 0 Å². The van der Waals surface area contributed by atoms with E-state index < -0.39 is 0 Å². The molecule has 4 aliphatic rings. The van der Waals surface area contributed by atoms with Crippen molar-refractivity contribution in [2.75, 3.05) is 19.6 Å². The Morgan fingerprint density at radius 3 is 2.53 bits per heavy atom. The van der Waals surface area contributed by atoms with Crippen LogP contribution >= 0.6 is 0 Å². The van der Waals surface area contributed by atoms with Gasteiger partial charge in [0.15, 0.2) is 0 Å². The summed E-state index contributed by atoms with van der Waals surface area (Å²) in [7, 11) is 6.39. The zero-order chi connectivity index (χ0) is 12.0. The molecule has 1 heterocycles. The molecule has 2 radical (unpaired) electrons. The topological polar surface area (TPSA) is 3.24 Å². The summed E-state index contributed by atoms with van der Waals surface area (Å²) in [6.07, 6.45) is 6.92. The molecule has 3 saturated carbocycles. The largest absolute Gasteiger partial charge is 0.303 e. The van der Waals surface area contributed by atoms with Gasteiger partial charge in [0.25, 0.3) is 0 Å². The van der Waals surface area contributed by atoms with E-state index in [4.69, 9.17) is 7.85 Å². The number of hydrogen-bond donors (Lipinski definition) is 0. The molecule has 3 aliphatic carbocycles. The summed E-state index contributed by atoms with van der Waals surface area (Å²) in [6.45, 7) is 8.91. The summed E-state index contributed by atoms with van der Waals surface area (Å²) in [5.41, 5.74) is 0.589. The van der Waals surface area contributed by atoms with Crippen LogP contribution in [0.15, 0.2) is 0 Å². The molecule has 0 aromatic carbocycles.